The summed E-state index contributed by atoms with van der Waals surface area (Å²) in [6, 6.07) is 2.31. The highest BCUT2D eigenvalue weighted by atomic mass is 16.5. The van der Waals surface area contributed by atoms with E-state index >= 15 is 0 Å². The monoisotopic (exact) mass is 326 g/mol. The van der Waals surface area contributed by atoms with Crippen molar-refractivity contribution in [3.05, 3.63) is 24.3 Å². The molecule has 24 heavy (non-hydrogen) atoms. The number of nitrogens with two attached hydrogens (primary N) is 1. The molecule has 7 heteroatoms. The van der Waals surface area contributed by atoms with Gasteiger partial charge in [-0.15, -0.1) is 0 Å². The maximum absolute atomic E-state index is 5.74. The predicted octanol–water partition coefficient (Wildman–Crippen LogP) is 2.01. The standard InChI is InChI=1S/C17H22N6O/c1-10-9-24-11(2)8-23(10)15-5-14(13-6-19-17(18)20-7-13)21-16(22-15)12-3-4-12/h5-7,10-12H,3-4,8-9H2,1-2H3,(H2,18,19,20)/t10-,11-/m0/s1. The van der Waals surface area contributed by atoms with Crippen LogP contribution in [0.4, 0.5) is 11.8 Å². The number of hydrogen-bond acceptors (Lipinski definition) is 7. The molecule has 2 aromatic rings. The zero-order chi connectivity index (χ0) is 16.7. The average molecular weight is 326 g/mol. The lowest BCUT2D eigenvalue weighted by molar-refractivity contribution is 0.0340. The summed E-state index contributed by atoms with van der Waals surface area (Å²) < 4.78 is 5.74. The van der Waals surface area contributed by atoms with E-state index in [1.807, 2.05) is 6.07 Å². The van der Waals surface area contributed by atoms with Crippen molar-refractivity contribution in [3.8, 4) is 11.3 Å². The highest BCUT2D eigenvalue weighted by Crippen LogP contribution is 2.39. The fraction of sp³-hybridized carbons (Fsp3) is 0.529. The molecule has 0 radical (unpaired) electrons. The van der Waals surface area contributed by atoms with Crippen LogP contribution in [-0.4, -0.2) is 45.2 Å². The van der Waals surface area contributed by atoms with Crippen molar-refractivity contribution >= 4 is 11.8 Å². The molecule has 0 amide bonds. The van der Waals surface area contributed by atoms with Crippen LogP contribution in [0.15, 0.2) is 18.5 Å². The molecular weight excluding hydrogens is 304 g/mol. The zero-order valence-electron chi connectivity index (χ0n) is 14.0. The molecule has 1 aliphatic carbocycles. The third-order valence-electron chi connectivity index (χ3n) is 4.54. The van der Waals surface area contributed by atoms with Gasteiger partial charge in [-0.25, -0.2) is 19.9 Å². The molecule has 3 heterocycles. The first-order chi connectivity index (χ1) is 11.6. The quantitative estimate of drug-likeness (QED) is 0.922. The van der Waals surface area contributed by atoms with E-state index in [9.17, 15) is 0 Å². The highest BCUT2D eigenvalue weighted by Gasteiger charge is 2.30. The molecule has 4 rings (SSSR count). The van der Waals surface area contributed by atoms with Gasteiger partial charge >= 0.3 is 0 Å². The number of anilines is 2. The van der Waals surface area contributed by atoms with Crippen LogP contribution < -0.4 is 10.6 Å². The Morgan fingerprint density at radius 3 is 2.62 bits per heavy atom. The van der Waals surface area contributed by atoms with Crippen LogP contribution in [0.2, 0.25) is 0 Å². The summed E-state index contributed by atoms with van der Waals surface area (Å²) in [7, 11) is 0. The summed E-state index contributed by atoms with van der Waals surface area (Å²) in [5.41, 5.74) is 7.32. The van der Waals surface area contributed by atoms with Crippen molar-refractivity contribution in [1.29, 1.82) is 0 Å². The minimum absolute atomic E-state index is 0.198. The van der Waals surface area contributed by atoms with Crippen molar-refractivity contribution < 1.29 is 4.74 Å². The van der Waals surface area contributed by atoms with Gasteiger partial charge in [0.2, 0.25) is 5.95 Å². The third kappa shape index (κ3) is 3.03. The van der Waals surface area contributed by atoms with Crippen molar-refractivity contribution in [1.82, 2.24) is 19.9 Å². The Morgan fingerprint density at radius 2 is 1.92 bits per heavy atom. The van der Waals surface area contributed by atoms with Crippen molar-refractivity contribution in [2.45, 2.75) is 44.8 Å². The highest BCUT2D eigenvalue weighted by molar-refractivity contribution is 5.62. The summed E-state index contributed by atoms with van der Waals surface area (Å²) in [6.45, 7) is 5.80. The first-order valence-electron chi connectivity index (χ1n) is 8.45. The average Bonchev–Trinajstić information content (AvgIpc) is 3.42. The van der Waals surface area contributed by atoms with E-state index in [-0.39, 0.29) is 12.1 Å². The van der Waals surface area contributed by atoms with Crippen LogP contribution in [0.25, 0.3) is 11.3 Å². The lowest BCUT2D eigenvalue weighted by Gasteiger charge is -2.37. The molecule has 2 fully saturated rings. The number of aromatic nitrogens is 4. The number of rotatable bonds is 3. The Bertz CT molecular complexity index is 730. The van der Waals surface area contributed by atoms with Gasteiger partial charge in [0.25, 0.3) is 0 Å². The van der Waals surface area contributed by atoms with Gasteiger partial charge < -0.3 is 15.4 Å². The summed E-state index contributed by atoms with van der Waals surface area (Å²) >= 11 is 0. The van der Waals surface area contributed by atoms with E-state index in [0.29, 0.717) is 18.6 Å². The Kier molecular flexibility index (Phi) is 3.80. The molecule has 2 N–H and O–H groups in total. The number of nitrogen functional groups attached to an aromatic ring is 1. The topological polar surface area (TPSA) is 90.1 Å². The molecule has 2 atom stereocenters. The minimum atomic E-state index is 0.198. The third-order valence-corrected chi connectivity index (χ3v) is 4.54. The second kappa shape index (κ2) is 5.98. The Balaban J connectivity index is 1.74. The molecule has 2 aromatic heterocycles. The Labute approximate surface area is 141 Å². The smallest absolute Gasteiger partial charge is 0.219 e. The first-order valence-corrected chi connectivity index (χ1v) is 8.45. The van der Waals surface area contributed by atoms with Crippen LogP contribution >= 0.6 is 0 Å². The Hall–Kier alpha value is -2.28. The molecule has 2 aliphatic rings. The summed E-state index contributed by atoms with van der Waals surface area (Å²) in [6.07, 6.45) is 5.96. The van der Waals surface area contributed by atoms with Gasteiger partial charge in [0.1, 0.15) is 11.6 Å². The summed E-state index contributed by atoms with van der Waals surface area (Å²) in [4.78, 5) is 20.1. The van der Waals surface area contributed by atoms with Crippen molar-refractivity contribution in [2.75, 3.05) is 23.8 Å². The van der Waals surface area contributed by atoms with Gasteiger partial charge in [0, 0.05) is 36.5 Å². The number of hydrogen-bond donors (Lipinski definition) is 1. The van der Waals surface area contributed by atoms with E-state index in [0.717, 1.165) is 42.3 Å². The van der Waals surface area contributed by atoms with E-state index in [2.05, 4.69) is 28.7 Å². The molecule has 1 saturated carbocycles. The second-order valence-electron chi connectivity index (χ2n) is 6.72. The largest absolute Gasteiger partial charge is 0.375 e. The van der Waals surface area contributed by atoms with Gasteiger partial charge in [-0.05, 0) is 26.7 Å². The lowest BCUT2D eigenvalue weighted by atomic mass is 10.1. The fourth-order valence-electron chi connectivity index (χ4n) is 2.96. The van der Waals surface area contributed by atoms with Crippen molar-refractivity contribution in [3.63, 3.8) is 0 Å². The fourth-order valence-corrected chi connectivity index (χ4v) is 2.96. The van der Waals surface area contributed by atoms with Crippen molar-refractivity contribution in [2.24, 2.45) is 0 Å². The van der Waals surface area contributed by atoms with Crippen LogP contribution in [0, 0.1) is 0 Å². The molecule has 0 bridgehead atoms. The summed E-state index contributed by atoms with van der Waals surface area (Å²) in [5, 5.41) is 0. The SMILES string of the molecule is C[C@H]1CN(c2cc(-c3cnc(N)nc3)nc(C3CC3)n2)[C@@H](C)CO1. The molecule has 0 spiro atoms. The Morgan fingerprint density at radius 1 is 1.17 bits per heavy atom. The van der Waals surface area contributed by atoms with Gasteiger partial charge in [-0.2, -0.15) is 0 Å². The van der Waals surface area contributed by atoms with Crippen LogP contribution in [0.3, 0.4) is 0 Å². The van der Waals surface area contributed by atoms with Gasteiger partial charge in [-0.1, -0.05) is 0 Å². The van der Waals surface area contributed by atoms with Gasteiger partial charge in [-0.3, -0.25) is 0 Å². The molecule has 1 saturated heterocycles. The van der Waals surface area contributed by atoms with E-state index < -0.39 is 0 Å². The predicted molar refractivity (Wildman–Crippen MR) is 91.7 cm³/mol. The molecule has 7 nitrogen and oxygen atoms in total. The van der Waals surface area contributed by atoms with Crippen LogP contribution in [0.5, 0.6) is 0 Å². The summed E-state index contributed by atoms with van der Waals surface area (Å²) in [5.74, 6) is 2.63. The molecular formula is C17H22N6O. The lowest BCUT2D eigenvalue weighted by Crippen LogP contribution is -2.47. The zero-order valence-corrected chi connectivity index (χ0v) is 14.0. The number of morpholine rings is 1. The molecule has 126 valence electrons. The minimum Gasteiger partial charge on any atom is -0.375 e. The van der Waals surface area contributed by atoms with E-state index in [1.54, 1.807) is 12.4 Å². The molecule has 1 aliphatic heterocycles. The second-order valence-corrected chi connectivity index (χ2v) is 6.72. The molecule has 0 aromatic carbocycles. The number of ether oxygens (including phenoxy) is 1. The van der Waals surface area contributed by atoms with Gasteiger partial charge in [0.05, 0.1) is 24.4 Å². The normalized spacial score (nSPS) is 24.2. The van der Waals surface area contributed by atoms with Crippen LogP contribution in [0.1, 0.15) is 38.4 Å². The number of nitrogens with zero attached hydrogens (tertiary/aromatic N) is 5. The van der Waals surface area contributed by atoms with Gasteiger partial charge in [0.15, 0.2) is 0 Å². The first kappa shape index (κ1) is 15.3. The van der Waals surface area contributed by atoms with E-state index in [4.69, 9.17) is 20.4 Å². The van der Waals surface area contributed by atoms with E-state index in [1.165, 1.54) is 0 Å². The molecule has 0 unspecified atom stereocenters. The maximum atomic E-state index is 5.74. The maximum Gasteiger partial charge on any atom is 0.219 e. The van der Waals surface area contributed by atoms with Crippen LogP contribution in [-0.2, 0) is 4.74 Å².